The van der Waals surface area contributed by atoms with E-state index in [0.717, 1.165) is 60.1 Å². The monoisotopic (exact) mass is 602 g/mol. The fourth-order valence-corrected chi connectivity index (χ4v) is 8.14. The Morgan fingerprint density at radius 1 is 0.568 bits per heavy atom. The lowest BCUT2D eigenvalue weighted by Crippen LogP contribution is -2.25. The van der Waals surface area contributed by atoms with Crippen LogP contribution in [-0.2, 0) is 6.42 Å². The molecule has 0 N–H and O–H groups in total. The van der Waals surface area contributed by atoms with Gasteiger partial charge in [0.15, 0.2) is 11.6 Å². The van der Waals surface area contributed by atoms with Crippen LogP contribution >= 0.6 is 0 Å². The van der Waals surface area contributed by atoms with Gasteiger partial charge in [-0.2, -0.15) is 0 Å². The molecular weight excluding hydrogens is 549 g/mol. The first-order chi connectivity index (χ1) is 21.5. The maximum Gasteiger partial charge on any atom is 0.166 e. The third kappa shape index (κ3) is 8.18. The molecule has 5 rings (SSSR count). The smallest absolute Gasteiger partial charge is 0.166 e. The molecule has 2 aliphatic rings. The lowest BCUT2D eigenvalue weighted by Gasteiger charge is -2.38. The van der Waals surface area contributed by atoms with Crippen LogP contribution < -0.4 is 0 Å². The summed E-state index contributed by atoms with van der Waals surface area (Å²) in [6.45, 7) is 4.32. The van der Waals surface area contributed by atoms with Gasteiger partial charge in [-0.1, -0.05) is 120 Å². The van der Waals surface area contributed by atoms with Gasteiger partial charge in [0, 0.05) is 5.56 Å². The van der Waals surface area contributed by atoms with Crippen LogP contribution in [-0.4, -0.2) is 0 Å². The molecule has 3 aromatic carbocycles. The van der Waals surface area contributed by atoms with Gasteiger partial charge in [0.25, 0.3) is 0 Å². The Balaban J connectivity index is 1.13. The standard InChI is InChI=1S/C41H53F3/c1-3-5-7-8-9-10-29-12-14-30(15-13-29)31-16-20-33(21-17-31)37-26-25-36(28-39(37)42)32-18-22-34(23-19-32)38-27-24-35(11-6-4-2)40(43)41(38)44/h18-19,22-31,33H,3-17,20-21H2,1-2H3. The van der Waals surface area contributed by atoms with Gasteiger partial charge in [-0.15, -0.1) is 0 Å². The summed E-state index contributed by atoms with van der Waals surface area (Å²) in [5.74, 6) is 1.31. The van der Waals surface area contributed by atoms with Crippen LogP contribution in [0.3, 0.4) is 0 Å². The highest BCUT2D eigenvalue weighted by atomic mass is 19.2. The molecule has 2 aliphatic carbocycles. The molecule has 0 aliphatic heterocycles. The Kier molecular flexibility index (Phi) is 12.0. The highest BCUT2D eigenvalue weighted by Crippen LogP contribution is 2.45. The van der Waals surface area contributed by atoms with Gasteiger partial charge in [-0.25, -0.2) is 13.2 Å². The Morgan fingerprint density at radius 3 is 1.84 bits per heavy atom. The second kappa shape index (κ2) is 16.1. The van der Waals surface area contributed by atoms with Crippen molar-refractivity contribution in [2.24, 2.45) is 17.8 Å². The average Bonchev–Trinajstić information content (AvgIpc) is 3.06. The van der Waals surface area contributed by atoms with Crippen molar-refractivity contribution in [1.82, 2.24) is 0 Å². The van der Waals surface area contributed by atoms with E-state index in [-0.39, 0.29) is 11.4 Å². The van der Waals surface area contributed by atoms with Crippen molar-refractivity contribution in [3.63, 3.8) is 0 Å². The molecule has 0 saturated heterocycles. The minimum atomic E-state index is -0.794. The second-order valence-electron chi connectivity index (χ2n) is 13.9. The van der Waals surface area contributed by atoms with Gasteiger partial charge in [0.05, 0.1) is 0 Å². The van der Waals surface area contributed by atoms with Crippen LogP contribution in [0.4, 0.5) is 13.2 Å². The molecule has 0 aromatic heterocycles. The highest BCUT2D eigenvalue weighted by Gasteiger charge is 2.32. The van der Waals surface area contributed by atoms with Crippen LogP contribution in [0, 0.1) is 35.2 Å². The molecule has 3 aromatic rings. The van der Waals surface area contributed by atoms with E-state index in [1.807, 2.05) is 31.2 Å². The first-order valence-corrected chi connectivity index (χ1v) is 17.9. The van der Waals surface area contributed by atoms with E-state index in [0.29, 0.717) is 23.5 Å². The normalized spacial score (nSPS) is 22.3. The van der Waals surface area contributed by atoms with Crippen molar-refractivity contribution < 1.29 is 13.2 Å². The van der Waals surface area contributed by atoms with Crippen LogP contribution in [0.25, 0.3) is 22.3 Å². The lowest BCUT2D eigenvalue weighted by atomic mass is 9.68. The van der Waals surface area contributed by atoms with Crippen molar-refractivity contribution in [1.29, 1.82) is 0 Å². The minimum Gasteiger partial charge on any atom is -0.207 e. The third-order valence-electron chi connectivity index (χ3n) is 11.0. The first-order valence-electron chi connectivity index (χ1n) is 17.9. The van der Waals surface area contributed by atoms with Gasteiger partial charge in [-0.05, 0) is 109 Å². The first kappa shape index (κ1) is 32.8. The largest absolute Gasteiger partial charge is 0.207 e. The summed E-state index contributed by atoms with van der Waals surface area (Å²) in [5.41, 5.74) is 3.86. The molecule has 0 spiro atoms. The van der Waals surface area contributed by atoms with Crippen molar-refractivity contribution >= 4 is 0 Å². The topological polar surface area (TPSA) is 0 Å². The zero-order valence-corrected chi connectivity index (χ0v) is 27.2. The molecule has 0 amide bonds. The molecule has 238 valence electrons. The maximum atomic E-state index is 15.5. The number of hydrogen-bond donors (Lipinski definition) is 0. The molecule has 2 fully saturated rings. The predicted octanol–water partition coefficient (Wildman–Crippen LogP) is 13.2. The molecule has 2 saturated carbocycles. The zero-order valence-electron chi connectivity index (χ0n) is 27.2. The van der Waals surface area contributed by atoms with Crippen LogP contribution in [0.5, 0.6) is 0 Å². The van der Waals surface area contributed by atoms with E-state index in [9.17, 15) is 8.78 Å². The summed E-state index contributed by atoms with van der Waals surface area (Å²) < 4.78 is 45.0. The van der Waals surface area contributed by atoms with Crippen molar-refractivity contribution in [3.8, 4) is 22.3 Å². The van der Waals surface area contributed by atoms with E-state index >= 15 is 4.39 Å². The van der Waals surface area contributed by atoms with E-state index in [1.54, 1.807) is 30.3 Å². The molecule has 0 unspecified atom stereocenters. The van der Waals surface area contributed by atoms with E-state index in [1.165, 1.54) is 77.0 Å². The molecule has 3 heteroatoms. The number of unbranched alkanes of at least 4 members (excludes halogenated alkanes) is 5. The van der Waals surface area contributed by atoms with E-state index in [4.69, 9.17) is 0 Å². The average molecular weight is 603 g/mol. The molecule has 0 radical (unpaired) electrons. The maximum absolute atomic E-state index is 15.5. The number of hydrogen-bond acceptors (Lipinski definition) is 0. The molecule has 0 heterocycles. The molecule has 0 nitrogen and oxygen atoms in total. The summed E-state index contributed by atoms with van der Waals surface area (Å²) in [4.78, 5) is 0. The summed E-state index contributed by atoms with van der Waals surface area (Å²) >= 11 is 0. The van der Waals surface area contributed by atoms with Crippen LogP contribution in [0.2, 0.25) is 0 Å². The molecular formula is C41H53F3. The Labute approximate surface area is 264 Å². The number of aryl methyl sites for hydroxylation is 1. The number of benzene rings is 3. The SMILES string of the molecule is CCCCCCCC1CCC(C2CCC(c3ccc(-c4ccc(-c5ccc(CCCC)c(F)c5F)cc4)cc3F)CC2)CC1. The van der Waals surface area contributed by atoms with Crippen molar-refractivity contribution in [2.45, 2.75) is 129 Å². The van der Waals surface area contributed by atoms with Gasteiger partial charge >= 0.3 is 0 Å². The van der Waals surface area contributed by atoms with Gasteiger partial charge < -0.3 is 0 Å². The Hall–Kier alpha value is -2.55. The van der Waals surface area contributed by atoms with Gasteiger partial charge in [0.1, 0.15) is 5.82 Å². The lowest BCUT2D eigenvalue weighted by molar-refractivity contribution is 0.155. The zero-order chi connectivity index (χ0) is 30.9. The van der Waals surface area contributed by atoms with E-state index < -0.39 is 11.6 Å². The Bertz CT molecular complexity index is 1310. The second-order valence-corrected chi connectivity index (χ2v) is 13.9. The quantitative estimate of drug-likeness (QED) is 0.171. The molecule has 0 atom stereocenters. The van der Waals surface area contributed by atoms with Crippen LogP contribution in [0.1, 0.15) is 134 Å². The molecule has 44 heavy (non-hydrogen) atoms. The fraction of sp³-hybridized carbons (Fsp3) is 0.561. The van der Waals surface area contributed by atoms with Crippen molar-refractivity contribution in [2.75, 3.05) is 0 Å². The molecule has 0 bridgehead atoms. The van der Waals surface area contributed by atoms with Crippen LogP contribution in [0.15, 0.2) is 54.6 Å². The van der Waals surface area contributed by atoms with Gasteiger partial charge in [0.2, 0.25) is 0 Å². The summed E-state index contributed by atoms with van der Waals surface area (Å²) in [6.07, 6.45) is 21.0. The van der Waals surface area contributed by atoms with E-state index in [2.05, 4.69) is 6.92 Å². The summed E-state index contributed by atoms with van der Waals surface area (Å²) in [7, 11) is 0. The predicted molar refractivity (Wildman–Crippen MR) is 179 cm³/mol. The third-order valence-corrected chi connectivity index (χ3v) is 11.0. The Morgan fingerprint density at radius 2 is 1.18 bits per heavy atom. The summed E-state index contributed by atoms with van der Waals surface area (Å²) in [6, 6.07) is 16.4. The minimum absolute atomic E-state index is 0.120. The van der Waals surface area contributed by atoms with Gasteiger partial charge in [-0.3, -0.25) is 0 Å². The number of rotatable bonds is 13. The highest BCUT2D eigenvalue weighted by molar-refractivity contribution is 5.71. The fourth-order valence-electron chi connectivity index (χ4n) is 8.14. The van der Waals surface area contributed by atoms with Crippen molar-refractivity contribution in [3.05, 3.63) is 83.2 Å². The summed E-state index contributed by atoms with van der Waals surface area (Å²) in [5, 5.41) is 0. The number of halogens is 3.